The zero-order chi connectivity index (χ0) is 13.7. The van der Waals surface area contributed by atoms with E-state index >= 15 is 0 Å². The predicted molar refractivity (Wildman–Crippen MR) is 77.7 cm³/mol. The van der Waals surface area contributed by atoms with Gasteiger partial charge < -0.3 is 5.32 Å². The SMILES string of the molecule is CCC(NCc1ccccc1Cl)c1ccc(F)cc1. The van der Waals surface area contributed by atoms with E-state index in [0.717, 1.165) is 22.6 Å². The van der Waals surface area contributed by atoms with Crippen LogP contribution in [-0.2, 0) is 6.54 Å². The Morgan fingerprint density at radius 1 is 1.11 bits per heavy atom. The van der Waals surface area contributed by atoms with Crippen LogP contribution >= 0.6 is 11.6 Å². The molecule has 1 nitrogen and oxygen atoms in total. The Kier molecular flexibility index (Phi) is 4.94. The molecule has 0 bridgehead atoms. The maximum atomic E-state index is 12.9. The molecular formula is C16H17ClFN. The van der Waals surface area contributed by atoms with E-state index in [1.807, 2.05) is 36.4 Å². The molecule has 0 amide bonds. The highest BCUT2D eigenvalue weighted by Crippen LogP contribution is 2.20. The third kappa shape index (κ3) is 3.79. The second-order valence-electron chi connectivity index (χ2n) is 4.48. The van der Waals surface area contributed by atoms with E-state index in [0.29, 0.717) is 6.54 Å². The van der Waals surface area contributed by atoms with Crippen molar-refractivity contribution < 1.29 is 4.39 Å². The minimum Gasteiger partial charge on any atom is -0.306 e. The van der Waals surface area contributed by atoms with Crippen molar-refractivity contribution in [2.24, 2.45) is 0 Å². The van der Waals surface area contributed by atoms with Gasteiger partial charge in [-0.3, -0.25) is 0 Å². The second-order valence-corrected chi connectivity index (χ2v) is 4.89. The monoisotopic (exact) mass is 277 g/mol. The molecule has 0 fully saturated rings. The Balaban J connectivity index is 2.04. The molecule has 0 aromatic heterocycles. The van der Waals surface area contributed by atoms with Crippen molar-refractivity contribution in [1.82, 2.24) is 5.32 Å². The summed E-state index contributed by atoms with van der Waals surface area (Å²) in [6, 6.07) is 14.6. The largest absolute Gasteiger partial charge is 0.306 e. The summed E-state index contributed by atoms with van der Waals surface area (Å²) in [6.07, 6.45) is 0.941. The molecule has 19 heavy (non-hydrogen) atoms. The van der Waals surface area contributed by atoms with Gasteiger partial charge in [0.2, 0.25) is 0 Å². The summed E-state index contributed by atoms with van der Waals surface area (Å²) < 4.78 is 12.9. The topological polar surface area (TPSA) is 12.0 Å². The van der Waals surface area contributed by atoms with E-state index in [-0.39, 0.29) is 11.9 Å². The minimum absolute atomic E-state index is 0.204. The van der Waals surface area contributed by atoms with Gasteiger partial charge >= 0.3 is 0 Å². The first kappa shape index (κ1) is 14.0. The molecule has 0 spiro atoms. The number of rotatable bonds is 5. The minimum atomic E-state index is -0.204. The molecule has 0 saturated carbocycles. The molecule has 100 valence electrons. The van der Waals surface area contributed by atoms with Gasteiger partial charge in [0.1, 0.15) is 5.82 Å². The molecule has 0 saturated heterocycles. The number of nitrogens with one attached hydrogen (secondary N) is 1. The Morgan fingerprint density at radius 2 is 1.79 bits per heavy atom. The summed E-state index contributed by atoms with van der Waals surface area (Å²) in [6.45, 7) is 2.81. The van der Waals surface area contributed by atoms with Crippen molar-refractivity contribution in [2.75, 3.05) is 0 Å². The van der Waals surface area contributed by atoms with E-state index in [9.17, 15) is 4.39 Å². The smallest absolute Gasteiger partial charge is 0.123 e. The fourth-order valence-electron chi connectivity index (χ4n) is 2.07. The van der Waals surface area contributed by atoms with E-state index < -0.39 is 0 Å². The van der Waals surface area contributed by atoms with Crippen LogP contribution in [0.15, 0.2) is 48.5 Å². The van der Waals surface area contributed by atoms with E-state index in [2.05, 4.69) is 12.2 Å². The number of halogens is 2. The van der Waals surface area contributed by atoms with E-state index in [1.165, 1.54) is 12.1 Å². The Labute approximate surface area is 118 Å². The quantitative estimate of drug-likeness (QED) is 0.834. The first-order valence-electron chi connectivity index (χ1n) is 6.43. The van der Waals surface area contributed by atoms with Crippen LogP contribution in [0, 0.1) is 5.82 Å². The summed E-state index contributed by atoms with van der Waals surface area (Å²) in [7, 11) is 0. The molecule has 2 rings (SSSR count). The van der Waals surface area contributed by atoms with Crippen molar-refractivity contribution in [3.63, 3.8) is 0 Å². The molecule has 2 aromatic carbocycles. The molecule has 0 aliphatic rings. The first-order valence-corrected chi connectivity index (χ1v) is 6.80. The van der Waals surface area contributed by atoms with Crippen molar-refractivity contribution >= 4 is 11.6 Å². The van der Waals surface area contributed by atoms with Crippen LogP contribution < -0.4 is 5.32 Å². The fourth-order valence-corrected chi connectivity index (χ4v) is 2.27. The van der Waals surface area contributed by atoms with Gasteiger partial charge in [-0.25, -0.2) is 4.39 Å². The van der Waals surface area contributed by atoms with Crippen LogP contribution in [0.2, 0.25) is 5.02 Å². The van der Waals surface area contributed by atoms with Crippen LogP contribution in [0.5, 0.6) is 0 Å². The van der Waals surface area contributed by atoms with Gasteiger partial charge in [-0.05, 0) is 35.7 Å². The molecule has 1 atom stereocenters. The molecule has 0 aliphatic carbocycles. The zero-order valence-corrected chi connectivity index (χ0v) is 11.6. The third-order valence-corrected chi connectivity index (χ3v) is 3.55. The van der Waals surface area contributed by atoms with E-state index in [1.54, 1.807) is 0 Å². The zero-order valence-electron chi connectivity index (χ0n) is 10.9. The highest BCUT2D eigenvalue weighted by atomic mass is 35.5. The van der Waals surface area contributed by atoms with Crippen LogP contribution in [0.3, 0.4) is 0 Å². The number of hydrogen-bond acceptors (Lipinski definition) is 1. The Bertz CT molecular complexity index is 525. The maximum Gasteiger partial charge on any atom is 0.123 e. The second kappa shape index (κ2) is 6.69. The molecule has 0 heterocycles. The molecule has 1 N–H and O–H groups in total. The highest BCUT2D eigenvalue weighted by molar-refractivity contribution is 6.31. The Morgan fingerprint density at radius 3 is 2.42 bits per heavy atom. The summed E-state index contributed by atoms with van der Waals surface area (Å²) >= 11 is 6.13. The highest BCUT2D eigenvalue weighted by Gasteiger charge is 2.09. The first-order chi connectivity index (χ1) is 9.20. The normalized spacial score (nSPS) is 12.4. The van der Waals surface area contributed by atoms with Gasteiger partial charge in [0.05, 0.1) is 0 Å². The average Bonchev–Trinajstić information content (AvgIpc) is 2.43. The average molecular weight is 278 g/mol. The van der Waals surface area contributed by atoms with Gasteiger partial charge in [-0.1, -0.05) is 48.9 Å². The Hall–Kier alpha value is -1.38. The molecule has 0 radical (unpaired) electrons. The standard InChI is InChI=1S/C16H17ClFN/c1-2-16(12-7-9-14(18)10-8-12)19-11-13-5-3-4-6-15(13)17/h3-10,16,19H,2,11H2,1H3. The third-order valence-electron chi connectivity index (χ3n) is 3.18. The van der Waals surface area contributed by atoms with Gasteiger partial charge in [0.25, 0.3) is 0 Å². The van der Waals surface area contributed by atoms with Gasteiger partial charge in [0.15, 0.2) is 0 Å². The summed E-state index contributed by atoms with van der Waals surface area (Å²) in [5.41, 5.74) is 2.17. The van der Waals surface area contributed by atoms with Crippen molar-refractivity contribution in [3.05, 3.63) is 70.5 Å². The lowest BCUT2D eigenvalue weighted by Gasteiger charge is -2.18. The fraction of sp³-hybridized carbons (Fsp3) is 0.250. The molecule has 1 unspecified atom stereocenters. The van der Waals surface area contributed by atoms with Crippen molar-refractivity contribution in [2.45, 2.75) is 25.9 Å². The lowest BCUT2D eigenvalue weighted by Crippen LogP contribution is -2.20. The van der Waals surface area contributed by atoms with Gasteiger partial charge in [-0.2, -0.15) is 0 Å². The van der Waals surface area contributed by atoms with Gasteiger partial charge in [-0.15, -0.1) is 0 Å². The summed E-state index contributed by atoms with van der Waals surface area (Å²) in [5.74, 6) is -0.204. The molecular weight excluding hydrogens is 261 g/mol. The van der Waals surface area contributed by atoms with Crippen LogP contribution in [0.1, 0.15) is 30.5 Å². The lowest BCUT2D eigenvalue weighted by molar-refractivity contribution is 0.517. The lowest BCUT2D eigenvalue weighted by atomic mass is 10.0. The summed E-state index contributed by atoms with van der Waals surface area (Å²) in [4.78, 5) is 0. The molecule has 0 aliphatic heterocycles. The number of hydrogen-bond donors (Lipinski definition) is 1. The van der Waals surface area contributed by atoms with Crippen LogP contribution in [0.4, 0.5) is 4.39 Å². The molecule has 3 heteroatoms. The van der Waals surface area contributed by atoms with Crippen LogP contribution in [0.25, 0.3) is 0 Å². The van der Waals surface area contributed by atoms with E-state index in [4.69, 9.17) is 11.6 Å². The predicted octanol–water partition coefficient (Wildman–Crippen LogP) is 4.72. The van der Waals surface area contributed by atoms with Gasteiger partial charge in [0, 0.05) is 17.6 Å². The maximum absolute atomic E-state index is 12.9. The number of benzene rings is 2. The van der Waals surface area contributed by atoms with Crippen molar-refractivity contribution in [1.29, 1.82) is 0 Å². The summed E-state index contributed by atoms with van der Waals surface area (Å²) in [5, 5.41) is 4.22. The van der Waals surface area contributed by atoms with Crippen LogP contribution in [-0.4, -0.2) is 0 Å². The molecule has 2 aromatic rings. The van der Waals surface area contributed by atoms with Crippen molar-refractivity contribution in [3.8, 4) is 0 Å².